The lowest BCUT2D eigenvalue weighted by molar-refractivity contribution is -0.126. The van der Waals surface area contributed by atoms with Crippen LogP contribution in [0.25, 0.3) is 6.08 Å². The van der Waals surface area contributed by atoms with E-state index in [2.05, 4.69) is 6.58 Å². The first-order valence-corrected chi connectivity index (χ1v) is 5.99. The summed E-state index contributed by atoms with van der Waals surface area (Å²) in [6.45, 7) is 8.18. The van der Waals surface area contributed by atoms with Crippen molar-refractivity contribution in [2.24, 2.45) is 0 Å². The topological polar surface area (TPSA) is 46.3 Å². The molecule has 18 heavy (non-hydrogen) atoms. The van der Waals surface area contributed by atoms with Crippen LogP contribution < -0.4 is 5.73 Å². The van der Waals surface area contributed by atoms with Gasteiger partial charge in [0.05, 0.1) is 0 Å². The molecule has 0 aliphatic rings. The van der Waals surface area contributed by atoms with Gasteiger partial charge in [0.15, 0.2) is 0 Å². The van der Waals surface area contributed by atoms with E-state index in [1.807, 2.05) is 38.1 Å². The molecule has 2 N–H and O–H groups in total. The van der Waals surface area contributed by atoms with Crippen LogP contribution in [0.3, 0.4) is 0 Å². The molecule has 0 saturated carbocycles. The molecule has 0 aromatic heterocycles. The van der Waals surface area contributed by atoms with E-state index in [4.69, 9.17) is 5.73 Å². The Morgan fingerprint density at radius 1 is 1.50 bits per heavy atom. The Hall–Kier alpha value is -2.03. The van der Waals surface area contributed by atoms with Crippen LogP contribution in [0.15, 0.2) is 43.0 Å². The lowest BCUT2D eigenvalue weighted by Crippen LogP contribution is -2.35. The molecule has 1 aromatic carbocycles. The van der Waals surface area contributed by atoms with Gasteiger partial charge in [-0.25, -0.2) is 0 Å². The van der Waals surface area contributed by atoms with E-state index >= 15 is 0 Å². The summed E-state index contributed by atoms with van der Waals surface area (Å²) in [5.41, 5.74) is 7.29. The molecule has 0 fully saturated rings. The van der Waals surface area contributed by atoms with Gasteiger partial charge < -0.3 is 10.6 Å². The van der Waals surface area contributed by atoms with Gasteiger partial charge in [-0.15, -0.1) is 6.58 Å². The van der Waals surface area contributed by atoms with Crippen LogP contribution in [-0.4, -0.2) is 23.4 Å². The monoisotopic (exact) mass is 244 g/mol. The van der Waals surface area contributed by atoms with Crippen molar-refractivity contribution in [3.8, 4) is 0 Å². The first-order chi connectivity index (χ1) is 8.54. The van der Waals surface area contributed by atoms with Gasteiger partial charge in [0.1, 0.15) is 0 Å². The van der Waals surface area contributed by atoms with E-state index in [0.717, 1.165) is 5.56 Å². The zero-order chi connectivity index (χ0) is 13.5. The maximum absolute atomic E-state index is 12.0. The fourth-order valence-corrected chi connectivity index (χ4v) is 1.62. The molecule has 1 aromatic rings. The lowest BCUT2D eigenvalue weighted by atomic mass is 10.2. The average molecular weight is 244 g/mol. The maximum atomic E-state index is 12.0. The van der Waals surface area contributed by atoms with Crippen LogP contribution in [0.1, 0.15) is 19.4 Å². The molecule has 96 valence electrons. The number of anilines is 1. The number of amides is 1. The molecule has 0 radical (unpaired) electrons. The van der Waals surface area contributed by atoms with Crippen LogP contribution in [0.2, 0.25) is 0 Å². The summed E-state index contributed by atoms with van der Waals surface area (Å²) in [6, 6.07) is 7.58. The summed E-state index contributed by atoms with van der Waals surface area (Å²) in [4.78, 5) is 13.7. The van der Waals surface area contributed by atoms with Crippen LogP contribution >= 0.6 is 0 Å². The van der Waals surface area contributed by atoms with E-state index in [9.17, 15) is 4.79 Å². The molecule has 0 aliphatic carbocycles. The quantitative estimate of drug-likeness (QED) is 0.492. The Bertz CT molecular complexity index is 450. The van der Waals surface area contributed by atoms with Crippen LogP contribution in [0, 0.1) is 0 Å². The standard InChI is InChI=1S/C15H20N2O/c1-4-10-17(12(2)3)15(18)9-8-13-6-5-7-14(16)11-13/h4-9,11-12H,1,10,16H2,2-3H3/b9-8+. The highest BCUT2D eigenvalue weighted by molar-refractivity contribution is 5.92. The van der Waals surface area contributed by atoms with Crippen molar-refractivity contribution in [1.82, 2.24) is 4.90 Å². The van der Waals surface area contributed by atoms with E-state index in [0.29, 0.717) is 12.2 Å². The molecule has 0 bridgehead atoms. The second-order valence-corrected chi connectivity index (χ2v) is 4.38. The Morgan fingerprint density at radius 2 is 2.22 bits per heavy atom. The summed E-state index contributed by atoms with van der Waals surface area (Å²) >= 11 is 0. The number of nitrogens with zero attached hydrogens (tertiary/aromatic N) is 1. The fourth-order valence-electron chi connectivity index (χ4n) is 1.62. The number of carbonyl (C=O) groups excluding carboxylic acids is 1. The van der Waals surface area contributed by atoms with Gasteiger partial charge in [-0.3, -0.25) is 4.79 Å². The predicted octanol–water partition coefficient (Wildman–Crippen LogP) is 2.71. The van der Waals surface area contributed by atoms with Gasteiger partial charge in [-0.2, -0.15) is 0 Å². The Labute approximate surface area is 109 Å². The molecule has 3 nitrogen and oxygen atoms in total. The third-order valence-electron chi connectivity index (χ3n) is 2.56. The summed E-state index contributed by atoms with van der Waals surface area (Å²) in [5.74, 6) is -0.0210. The normalized spacial score (nSPS) is 10.8. The van der Waals surface area contributed by atoms with E-state index < -0.39 is 0 Å². The third-order valence-corrected chi connectivity index (χ3v) is 2.56. The molecule has 0 saturated heterocycles. The molecule has 0 heterocycles. The van der Waals surface area contributed by atoms with Crippen molar-refractivity contribution in [3.63, 3.8) is 0 Å². The van der Waals surface area contributed by atoms with Gasteiger partial charge >= 0.3 is 0 Å². The molecule has 0 unspecified atom stereocenters. The number of hydrogen-bond donors (Lipinski definition) is 1. The summed E-state index contributed by atoms with van der Waals surface area (Å²) in [7, 11) is 0. The van der Waals surface area contributed by atoms with Gasteiger partial charge in [-0.05, 0) is 37.6 Å². The predicted molar refractivity (Wildman–Crippen MR) is 76.9 cm³/mol. The van der Waals surface area contributed by atoms with Gasteiger partial charge in [-0.1, -0.05) is 18.2 Å². The van der Waals surface area contributed by atoms with Crippen molar-refractivity contribution in [2.45, 2.75) is 19.9 Å². The second kappa shape index (κ2) is 6.64. The minimum Gasteiger partial charge on any atom is -0.399 e. The lowest BCUT2D eigenvalue weighted by Gasteiger charge is -2.23. The van der Waals surface area contributed by atoms with E-state index in [1.165, 1.54) is 0 Å². The third kappa shape index (κ3) is 4.09. The summed E-state index contributed by atoms with van der Waals surface area (Å²) in [5, 5.41) is 0. The van der Waals surface area contributed by atoms with Crippen molar-refractivity contribution >= 4 is 17.7 Å². The molecular weight excluding hydrogens is 224 g/mol. The average Bonchev–Trinajstić information content (AvgIpc) is 2.32. The number of nitrogen functional groups attached to an aromatic ring is 1. The Morgan fingerprint density at radius 3 is 2.78 bits per heavy atom. The Balaban J connectivity index is 2.76. The van der Waals surface area contributed by atoms with Crippen molar-refractivity contribution in [3.05, 3.63) is 48.6 Å². The SMILES string of the molecule is C=CCN(C(=O)/C=C/c1cccc(N)c1)C(C)C. The highest BCUT2D eigenvalue weighted by atomic mass is 16.2. The highest BCUT2D eigenvalue weighted by Gasteiger charge is 2.11. The minimum absolute atomic E-state index is 0.0210. The summed E-state index contributed by atoms with van der Waals surface area (Å²) in [6.07, 6.45) is 5.07. The van der Waals surface area contributed by atoms with Crippen LogP contribution in [-0.2, 0) is 4.79 Å². The zero-order valence-electron chi connectivity index (χ0n) is 11.0. The van der Waals surface area contributed by atoms with Gasteiger partial charge in [0, 0.05) is 24.4 Å². The van der Waals surface area contributed by atoms with Crippen molar-refractivity contribution < 1.29 is 4.79 Å². The van der Waals surface area contributed by atoms with Crippen molar-refractivity contribution in [1.29, 1.82) is 0 Å². The number of rotatable bonds is 5. The Kier molecular flexibility index (Phi) is 5.18. The van der Waals surface area contributed by atoms with E-state index in [-0.39, 0.29) is 11.9 Å². The summed E-state index contributed by atoms with van der Waals surface area (Å²) < 4.78 is 0. The first-order valence-electron chi connectivity index (χ1n) is 5.99. The zero-order valence-corrected chi connectivity index (χ0v) is 11.0. The molecule has 0 spiro atoms. The van der Waals surface area contributed by atoms with Gasteiger partial charge in [0.2, 0.25) is 5.91 Å². The molecule has 0 atom stereocenters. The smallest absolute Gasteiger partial charge is 0.247 e. The number of benzene rings is 1. The van der Waals surface area contributed by atoms with Gasteiger partial charge in [0.25, 0.3) is 0 Å². The molecule has 1 rings (SSSR count). The second-order valence-electron chi connectivity index (χ2n) is 4.38. The molecule has 3 heteroatoms. The number of nitrogens with two attached hydrogens (primary N) is 1. The highest BCUT2D eigenvalue weighted by Crippen LogP contribution is 2.09. The van der Waals surface area contributed by atoms with E-state index in [1.54, 1.807) is 23.1 Å². The van der Waals surface area contributed by atoms with Crippen molar-refractivity contribution in [2.75, 3.05) is 12.3 Å². The molecule has 1 amide bonds. The largest absolute Gasteiger partial charge is 0.399 e. The molecular formula is C15H20N2O. The van der Waals surface area contributed by atoms with Crippen LogP contribution in [0.4, 0.5) is 5.69 Å². The fraction of sp³-hybridized carbons (Fsp3) is 0.267. The minimum atomic E-state index is -0.0210. The first kappa shape index (κ1) is 14.0. The number of carbonyl (C=O) groups is 1. The van der Waals surface area contributed by atoms with Crippen LogP contribution in [0.5, 0.6) is 0 Å². The maximum Gasteiger partial charge on any atom is 0.247 e. The number of hydrogen-bond acceptors (Lipinski definition) is 2. The molecule has 0 aliphatic heterocycles.